The van der Waals surface area contributed by atoms with Gasteiger partial charge in [-0.2, -0.15) is 26.3 Å². The van der Waals surface area contributed by atoms with E-state index in [1.54, 1.807) is 34.6 Å². The van der Waals surface area contributed by atoms with Gasteiger partial charge in [0.15, 0.2) is 11.3 Å². The van der Waals surface area contributed by atoms with E-state index < -0.39 is 35.3 Å². The molecule has 10 rings (SSSR count). The van der Waals surface area contributed by atoms with Crippen LogP contribution < -0.4 is 0 Å². The maximum Gasteiger partial charge on any atom is 0.416 e. The first kappa shape index (κ1) is 40.7. The van der Waals surface area contributed by atoms with E-state index in [9.17, 15) is 35.9 Å². The van der Waals surface area contributed by atoms with Crippen molar-refractivity contribution in [3.8, 4) is 0 Å². The Morgan fingerprint density at radius 3 is 1.40 bits per heavy atom. The monoisotopic (exact) mass is 854 g/mol. The molecule has 8 heterocycles. The lowest BCUT2D eigenvalue weighted by Gasteiger charge is -2.36. The third-order valence-corrected chi connectivity index (χ3v) is 12.2. The highest BCUT2D eigenvalue weighted by molar-refractivity contribution is 5.95. The third kappa shape index (κ3) is 7.51. The van der Waals surface area contributed by atoms with Crippen LogP contribution in [0, 0.1) is 11.8 Å². The number of H-pyrrole nitrogens is 2. The summed E-state index contributed by atoms with van der Waals surface area (Å²) in [5.41, 5.74) is 3.47. The smallest absolute Gasteiger partial charge is 0.345 e. The molecule has 0 aliphatic carbocycles. The second kappa shape index (κ2) is 15.6. The van der Waals surface area contributed by atoms with E-state index >= 15 is 0 Å². The number of piperidine rings is 2. The van der Waals surface area contributed by atoms with Crippen LogP contribution in [0.1, 0.15) is 82.0 Å². The van der Waals surface area contributed by atoms with Crippen molar-refractivity contribution in [1.82, 2.24) is 48.5 Å². The van der Waals surface area contributed by atoms with E-state index in [2.05, 4.69) is 43.8 Å². The van der Waals surface area contributed by atoms with Crippen LogP contribution in [0.3, 0.4) is 0 Å². The van der Waals surface area contributed by atoms with E-state index in [0.717, 1.165) is 82.1 Å². The van der Waals surface area contributed by atoms with E-state index in [-0.39, 0.29) is 34.8 Å². The molecule has 8 aromatic rings. The van der Waals surface area contributed by atoms with Gasteiger partial charge in [0, 0.05) is 61.5 Å². The number of rotatable bonds is 4. The van der Waals surface area contributed by atoms with Gasteiger partial charge in [0.05, 0.1) is 58.0 Å². The Kier molecular flexibility index (Phi) is 10.3. The molecule has 0 spiro atoms. The van der Waals surface area contributed by atoms with Crippen molar-refractivity contribution in [3.05, 3.63) is 132 Å². The Balaban J connectivity index is 0.000000158. The van der Waals surface area contributed by atoms with Crippen molar-refractivity contribution in [1.29, 1.82) is 0 Å². The van der Waals surface area contributed by atoms with Gasteiger partial charge in [-0.3, -0.25) is 18.4 Å². The number of alkyl halides is 6. The molecule has 0 radical (unpaired) electrons. The summed E-state index contributed by atoms with van der Waals surface area (Å²) in [6.45, 7) is 6.02. The van der Waals surface area contributed by atoms with Gasteiger partial charge >= 0.3 is 12.4 Å². The fraction of sp³-hybridized carbons (Fsp3) is 0.318. The maximum absolute atomic E-state index is 13.1. The lowest BCUT2D eigenvalue weighted by atomic mass is 9.86. The third-order valence-electron chi connectivity index (χ3n) is 12.2. The lowest BCUT2D eigenvalue weighted by molar-refractivity contribution is -0.138. The summed E-state index contributed by atoms with van der Waals surface area (Å²) < 4.78 is 82.6. The summed E-state index contributed by atoms with van der Waals surface area (Å²) in [4.78, 5) is 53.6. The Morgan fingerprint density at radius 2 is 1.00 bits per heavy atom. The van der Waals surface area contributed by atoms with Crippen LogP contribution in [0.2, 0.25) is 0 Å². The SMILES string of the molecule is C[C@@H]1CCN(C(=O)c2cccc(C(F)(F)F)c2)C[C@@H]1c1ncc2cnc3[nH]ccc3n12.C[C@H]1CCN(C(=O)c2cccc(C(F)(F)F)c2)C[C@H]1c1ncc2cnc3[nH]ccc3n12. The quantitative estimate of drug-likeness (QED) is 0.170. The number of hydrogen-bond donors (Lipinski definition) is 2. The number of amides is 2. The molecule has 62 heavy (non-hydrogen) atoms. The fourth-order valence-electron chi connectivity index (χ4n) is 8.73. The van der Waals surface area contributed by atoms with Gasteiger partial charge in [-0.15, -0.1) is 0 Å². The normalized spacial score (nSPS) is 19.9. The highest BCUT2D eigenvalue weighted by Crippen LogP contribution is 2.37. The largest absolute Gasteiger partial charge is 0.416 e. The van der Waals surface area contributed by atoms with E-state index in [1.165, 1.54) is 24.3 Å². The molecule has 0 unspecified atom stereocenters. The number of hydrogen-bond acceptors (Lipinski definition) is 6. The number of carbonyl (C=O) groups excluding carboxylic acids is 2. The fourth-order valence-corrected chi connectivity index (χ4v) is 8.73. The number of carbonyl (C=O) groups is 2. The maximum atomic E-state index is 13.1. The average molecular weight is 855 g/mol. The Hall–Kier alpha value is -6.72. The Labute approximate surface area is 349 Å². The summed E-state index contributed by atoms with van der Waals surface area (Å²) >= 11 is 0. The van der Waals surface area contributed by atoms with Gasteiger partial charge in [-0.1, -0.05) is 26.0 Å². The second-order valence-corrected chi connectivity index (χ2v) is 16.1. The van der Waals surface area contributed by atoms with Gasteiger partial charge in [0.2, 0.25) is 0 Å². The zero-order valence-corrected chi connectivity index (χ0v) is 33.5. The molecular weight excluding hydrogens is 815 g/mol. The molecule has 2 N–H and O–H groups in total. The van der Waals surface area contributed by atoms with E-state index in [0.29, 0.717) is 26.2 Å². The van der Waals surface area contributed by atoms with Crippen LogP contribution >= 0.6 is 0 Å². The zero-order chi connectivity index (χ0) is 43.5. The summed E-state index contributed by atoms with van der Waals surface area (Å²) in [5.74, 6) is 1.30. The number of benzene rings is 2. The summed E-state index contributed by atoms with van der Waals surface area (Å²) in [6, 6.07) is 13.1. The highest BCUT2D eigenvalue weighted by atomic mass is 19.4. The predicted molar refractivity (Wildman–Crippen MR) is 217 cm³/mol. The Bertz CT molecular complexity index is 2750. The minimum absolute atomic E-state index is 0.0494. The van der Waals surface area contributed by atoms with Crippen molar-refractivity contribution in [3.63, 3.8) is 0 Å². The van der Waals surface area contributed by atoms with Gasteiger partial charge in [0.25, 0.3) is 11.8 Å². The van der Waals surface area contributed by atoms with Crippen molar-refractivity contribution < 1.29 is 35.9 Å². The minimum atomic E-state index is -4.49. The number of likely N-dealkylation sites (tertiary alicyclic amines) is 2. The number of aromatic amines is 2. The van der Waals surface area contributed by atoms with E-state index in [1.807, 2.05) is 33.3 Å². The second-order valence-electron chi connectivity index (χ2n) is 16.1. The average Bonchev–Trinajstić information content (AvgIpc) is 4.09. The van der Waals surface area contributed by atoms with Crippen LogP contribution in [0.5, 0.6) is 0 Å². The lowest BCUT2D eigenvalue weighted by Crippen LogP contribution is -2.42. The molecule has 2 aromatic carbocycles. The molecule has 0 bridgehead atoms. The minimum Gasteiger partial charge on any atom is -0.345 e. The first-order chi connectivity index (χ1) is 29.7. The number of fused-ring (bicyclic) bond motifs is 6. The Morgan fingerprint density at radius 1 is 0.597 bits per heavy atom. The summed E-state index contributed by atoms with van der Waals surface area (Å²) in [7, 11) is 0. The molecule has 2 aliphatic heterocycles. The number of aromatic nitrogens is 8. The number of nitrogens with zero attached hydrogens (tertiary/aromatic N) is 8. The molecule has 0 saturated carbocycles. The molecule has 2 fully saturated rings. The van der Waals surface area contributed by atoms with Crippen molar-refractivity contribution in [2.75, 3.05) is 26.2 Å². The highest BCUT2D eigenvalue weighted by Gasteiger charge is 2.37. The number of halogens is 6. The van der Waals surface area contributed by atoms with Gasteiger partial charge in [-0.25, -0.2) is 19.9 Å². The standard InChI is InChI=1S/2C22H20F3N5O/c2*1-13-6-8-29(21(31)14-3-2-4-15(9-14)22(23,24)25)12-17(13)20-28-11-16-10-27-19-18(30(16)20)5-7-26-19/h2*2-5,7,9-11,13,17,26H,6,8,12H2,1H3/t2*13-,17+/m10/s1. The molecule has 2 amide bonds. The molecule has 2 aliphatic rings. The first-order valence-corrected chi connectivity index (χ1v) is 20.2. The van der Waals surface area contributed by atoms with Crippen molar-refractivity contribution in [2.24, 2.45) is 11.8 Å². The molecule has 18 heteroatoms. The van der Waals surface area contributed by atoms with Crippen LogP contribution in [0.15, 0.2) is 97.8 Å². The molecule has 320 valence electrons. The summed E-state index contributed by atoms with van der Waals surface area (Å²) in [6.07, 6.45) is 3.15. The molecule has 2 saturated heterocycles. The number of nitrogens with one attached hydrogen (secondary N) is 2. The molecular formula is C44H40F6N10O2. The van der Waals surface area contributed by atoms with Crippen LogP contribution in [-0.2, 0) is 12.4 Å². The van der Waals surface area contributed by atoms with Gasteiger partial charge in [0.1, 0.15) is 11.6 Å². The first-order valence-electron chi connectivity index (χ1n) is 20.2. The topological polar surface area (TPSA) is 133 Å². The number of imidazole rings is 2. The van der Waals surface area contributed by atoms with Crippen LogP contribution in [0.4, 0.5) is 26.3 Å². The van der Waals surface area contributed by atoms with Gasteiger partial charge < -0.3 is 19.8 Å². The van der Waals surface area contributed by atoms with Crippen molar-refractivity contribution >= 4 is 45.2 Å². The molecule has 6 aromatic heterocycles. The molecule has 12 nitrogen and oxygen atoms in total. The zero-order valence-electron chi connectivity index (χ0n) is 33.5. The predicted octanol–water partition coefficient (Wildman–Crippen LogP) is 8.99. The molecule has 4 atom stereocenters. The summed E-state index contributed by atoms with van der Waals surface area (Å²) in [5, 5.41) is 0. The van der Waals surface area contributed by atoms with Gasteiger partial charge in [-0.05, 0) is 73.2 Å². The van der Waals surface area contributed by atoms with Crippen LogP contribution in [-0.4, -0.2) is 86.5 Å². The van der Waals surface area contributed by atoms with E-state index in [4.69, 9.17) is 0 Å². The van der Waals surface area contributed by atoms with Crippen LogP contribution in [0.25, 0.3) is 33.4 Å². The van der Waals surface area contributed by atoms with Crippen molar-refractivity contribution in [2.45, 2.75) is 50.9 Å².